The summed E-state index contributed by atoms with van der Waals surface area (Å²) in [6.07, 6.45) is 0. The molecule has 0 spiro atoms. The number of rotatable bonds is 8. The molecule has 0 radical (unpaired) electrons. The van der Waals surface area contributed by atoms with E-state index in [9.17, 15) is 0 Å². The highest BCUT2D eigenvalue weighted by Crippen LogP contribution is 2.52. The molecular weight excluding hydrogens is 821 g/mol. The van der Waals surface area contributed by atoms with Crippen molar-refractivity contribution in [2.24, 2.45) is 0 Å². The SMILES string of the molecule is c1ccc(-c2c3cc4c(-c5ccccc5)c(-c5ccccc5)n(-c5ccccc5)c4cc3c(-c3ccccc3)c3cc4c(-c5ccccc5)c(-c5ccccc5)n(-c5ccccc5)c4cc23)cc1. The number of fused-ring (bicyclic) bond motifs is 4. The third-order valence-corrected chi connectivity index (χ3v) is 13.7. The van der Waals surface area contributed by atoms with Crippen LogP contribution in [0.4, 0.5) is 0 Å². The molecule has 0 unspecified atom stereocenters. The molecule has 0 amide bonds. The second-order valence-electron chi connectivity index (χ2n) is 17.6. The molecule has 0 N–H and O–H groups in total. The molecule has 0 atom stereocenters. The van der Waals surface area contributed by atoms with Gasteiger partial charge in [-0.3, -0.25) is 0 Å². The van der Waals surface area contributed by atoms with E-state index >= 15 is 0 Å². The minimum atomic E-state index is 1.12. The van der Waals surface area contributed by atoms with Gasteiger partial charge in [0.2, 0.25) is 0 Å². The van der Waals surface area contributed by atoms with Crippen LogP contribution in [-0.2, 0) is 0 Å². The fourth-order valence-electron chi connectivity index (χ4n) is 10.8. The monoisotopic (exact) mass is 864 g/mol. The van der Waals surface area contributed by atoms with Gasteiger partial charge in [0, 0.05) is 33.3 Å². The van der Waals surface area contributed by atoms with Gasteiger partial charge in [0.05, 0.1) is 22.4 Å². The molecule has 0 bridgehead atoms. The molecule has 0 saturated carbocycles. The van der Waals surface area contributed by atoms with Gasteiger partial charge < -0.3 is 9.13 Å². The van der Waals surface area contributed by atoms with Gasteiger partial charge in [0.25, 0.3) is 0 Å². The third-order valence-electron chi connectivity index (χ3n) is 13.7. The van der Waals surface area contributed by atoms with Gasteiger partial charge >= 0.3 is 0 Å². The number of hydrogen-bond acceptors (Lipinski definition) is 0. The highest BCUT2D eigenvalue weighted by atomic mass is 15.0. The lowest BCUT2D eigenvalue weighted by Crippen LogP contribution is -1.98. The van der Waals surface area contributed by atoms with Gasteiger partial charge in [0.15, 0.2) is 0 Å². The van der Waals surface area contributed by atoms with Crippen LogP contribution in [0, 0.1) is 0 Å². The standard InChI is InChI=1S/C66H44N2/c1-9-25-45(26-10-1)61-53-41-57-60(68(52-39-23-8-24-40-52)65(49-33-17-5-18-34-49)63(57)47-29-13-3-14-30-47)44-56(53)62(46-27-11-2-12-28-46)54-42-58-59(43-55(54)61)67(51-37-21-7-22-38-51)66(50-35-19-6-20-36-50)64(58)48-31-15-4-16-32-48/h1-44H. The lowest BCUT2D eigenvalue weighted by Gasteiger charge is -2.20. The molecule has 0 aliphatic rings. The highest BCUT2D eigenvalue weighted by Gasteiger charge is 2.28. The Morgan fingerprint density at radius 1 is 0.191 bits per heavy atom. The molecule has 0 fully saturated rings. The first-order valence-corrected chi connectivity index (χ1v) is 23.4. The summed E-state index contributed by atoms with van der Waals surface area (Å²) in [6.45, 7) is 0. The molecule has 13 rings (SSSR count). The summed E-state index contributed by atoms with van der Waals surface area (Å²) in [5.74, 6) is 0. The van der Waals surface area contributed by atoms with E-state index in [2.05, 4.69) is 276 Å². The zero-order valence-electron chi connectivity index (χ0n) is 37.3. The van der Waals surface area contributed by atoms with Gasteiger partial charge in [-0.2, -0.15) is 0 Å². The largest absolute Gasteiger partial charge is 0.309 e. The zero-order valence-corrected chi connectivity index (χ0v) is 37.3. The first-order chi connectivity index (χ1) is 33.8. The average molecular weight is 865 g/mol. The summed E-state index contributed by atoms with van der Waals surface area (Å²) >= 11 is 0. The normalized spacial score (nSPS) is 11.5. The minimum Gasteiger partial charge on any atom is -0.309 e. The van der Waals surface area contributed by atoms with Crippen molar-refractivity contribution in [2.75, 3.05) is 0 Å². The minimum absolute atomic E-state index is 1.12. The van der Waals surface area contributed by atoms with Crippen molar-refractivity contribution in [1.82, 2.24) is 9.13 Å². The second-order valence-corrected chi connectivity index (χ2v) is 17.6. The van der Waals surface area contributed by atoms with Crippen LogP contribution in [0.15, 0.2) is 267 Å². The van der Waals surface area contributed by atoms with Crippen LogP contribution in [0.1, 0.15) is 0 Å². The Balaban J connectivity index is 1.29. The van der Waals surface area contributed by atoms with Gasteiger partial charge in [-0.15, -0.1) is 0 Å². The van der Waals surface area contributed by atoms with Crippen LogP contribution < -0.4 is 0 Å². The van der Waals surface area contributed by atoms with Crippen LogP contribution in [0.25, 0.3) is 122 Å². The maximum Gasteiger partial charge on any atom is 0.0619 e. The van der Waals surface area contributed by atoms with Crippen LogP contribution in [0.5, 0.6) is 0 Å². The van der Waals surface area contributed by atoms with E-state index < -0.39 is 0 Å². The summed E-state index contributed by atoms with van der Waals surface area (Å²) in [5.41, 5.74) is 18.8. The molecular formula is C66H44N2. The molecule has 11 aromatic carbocycles. The summed E-state index contributed by atoms with van der Waals surface area (Å²) in [5, 5.41) is 7.23. The molecule has 68 heavy (non-hydrogen) atoms. The van der Waals surface area contributed by atoms with Crippen molar-refractivity contribution in [1.29, 1.82) is 0 Å². The molecule has 2 heteroatoms. The lowest BCUT2D eigenvalue weighted by molar-refractivity contribution is 1.14. The van der Waals surface area contributed by atoms with E-state index in [-0.39, 0.29) is 0 Å². The summed E-state index contributed by atoms with van der Waals surface area (Å²) < 4.78 is 4.99. The maximum atomic E-state index is 2.51. The molecule has 0 aliphatic heterocycles. The Labute approximate surface area is 395 Å². The van der Waals surface area contributed by atoms with Gasteiger partial charge in [-0.25, -0.2) is 0 Å². The molecule has 318 valence electrons. The predicted molar refractivity (Wildman–Crippen MR) is 288 cm³/mol. The van der Waals surface area contributed by atoms with Crippen molar-refractivity contribution in [2.45, 2.75) is 0 Å². The Kier molecular flexibility index (Phi) is 9.54. The quantitative estimate of drug-likeness (QED) is 0.135. The van der Waals surface area contributed by atoms with Gasteiger partial charge in [0.1, 0.15) is 0 Å². The van der Waals surface area contributed by atoms with E-state index in [0.29, 0.717) is 0 Å². The number of nitrogens with zero attached hydrogens (tertiary/aromatic N) is 2. The van der Waals surface area contributed by atoms with Crippen molar-refractivity contribution in [3.8, 4) is 78.4 Å². The number of hydrogen-bond donors (Lipinski definition) is 0. The third kappa shape index (κ3) is 6.41. The van der Waals surface area contributed by atoms with Crippen LogP contribution in [0.2, 0.25) is 0 Å². The van der Waals surface area contributed by atoms with Crippen LogP contribution >= 0.6 is 0 Å². The van der Waals surface area contributed by atoms with Crippen molar-refractivity contribution in [3.63, 3.8) is 0 Å². The fraction of sp³-hybridized carbons (Fsp3) is 0. The van der Waals surface area contributed by atoms with E-state index in [1.54, 1.807) is 0 Å². The van der Waals surface area contributed by atoms with Crippen molar-refractivity contribution in [3.05, 3.63) is 267 Å². The summed E-state index contributed by atoms with van der Waals surface area (Å²) in [6, 6.07) is 97.6. The first kappa shape index (κ1) is 39.4. The highest BCUT2D eigenvalue weighted by molar-refractivity contribution is 6.27. The summed E-state index contributed by atoms with van der Waals surface area (Å²) in [7, 11) is 0. The van der Waals surface area contributed by atoms with Gasteiger partial charge in [-0.1, -0.05) is 218 Å². The predicted octanol–water partition coefficient (Wildman–Crippen LogP) is 17.9. The van der Waals surface area contributed by atoms with E-state index in [1.807, 2.05) is 0 Å². The maximum absolute atomic E-state index is 2.51. The van der Waals surface area contributed by atoms with Crippen molar-refractivity contribution < 1.29 is 0 Å². The average Bonchev–Trinajstić information content (AvgIpc) is 3.93. The first-order valence-electron chi connectivity index (χ1n) is 23.4. The van der Waals surface area contributed by atoms with Crippen LogP contribution in [-0.4, -0.2) is 9.13 Å². The lowest BCUT2D eigenvalue weighted by atomic mass is 9.84. The molecule has 13 aromatic rings. The second kappa shape index (κ2) is 16.5. The molecule has 0 saturated heterocycles. The van der Waals surface area contributed by atoms with E-state index in [1.165, 1.54) is 99.3 Å². The molecule has 2 nitrogen and oxygen atoms in total. The molecule has 2 heterocycles. The topological polar surface area (TPSA) is 9.86 Å². The number of benzene rings is 11. The summed E-state index contributed by atoms with van der Waals surface area (Å²) in [4.78, 5) is 0. The molecule has 0 aliphatic carbocycles. The van der Waals surface area contributed by atoms with Crippen molar-refractivity contribution >= 4 is 43.4 Å². The Bertz CT molecular complexity index is 3490. The smallest absolute Gasteiger partial charge is 0.0619 e. The van der Waals surface area contributed by atoms with E-state index in [4.69, 9.17) is 0 Å². The van der Waals surface area contributed by atoms with Crippen LogP contribution in [0.3, 0.4) is 0 Å². The Morgan fingerprint density at radius 2 is 0.426 bits per heavy atom. The Morgan fingerprint density at radius 3 is 0.721 bits per heavy atom. The van der Waals surface area contributed by atoms with E-state index in [0.717, 1.165) is 22.4 Å². The Hall–Kier alpha value is -8.98. The molecule has 2 aromatic heterocycles. The number of para-hydroxylation sites is 2. The zero-order chi connectivity index (χ0) is 45.0. The van der Waals surface area contributed by atoms with Gasteiger partial charge in [-0.05, 0) is 115 Å². The fourth-order valence-corrected chi connectivity index (χ4v) is 10.8. The number of aromatic nitrogens is 2.